The Morgan fingerprint density at radius 2 is 2.40 bits per heavy atom. The third-order valence-electron chi connectivity index (χ3n) is 2.59. The summed E-state index contributed by atoms with van der Waals surface area (Å²) in [5.41, 5.74) is 0. The van der Waals surface area contributed by atoms with Gasteiger partial charge in [0.05, 0.1) is 25.7 Å². The minimum absolute atomic E-state index is 0.0373. The first kappa shape index (κ1) is 10.5. The van der Waals surface area contributed by atoms with E-state index < -0.39 is 0 Å². The summed E-state index contributed by atoms with van der Waals surface area (Å²) < 4.78 is 10.5. The third-order valence-corrected chi connectivity index (χ3v) is 2.59. The van der Waals surface area contributed by atoms with E-state index in [9.17, 15) is 0 Å². The van der Waals surface area contributed by atoms with E-state index in [0.29, 0.717) is 31.3 Å². The number of hydrogen-bond donors (Lipinski definition) is 2. The fourth-order valence-corrected chi connectivity index (χ4v) is 1.70. The second-order valence-corrected chi connectivity index (χ2v) is 3.56. The second-order valence-electron chi connectivity index (χ2n) is 3.56. The molecule has 0 aliphatic carbocycles. The Morgan fingerprint density at radius 3 is 3.13 bits per heavy atom. The van der Waals surface area contributed by atoms with Crippen LogP contribution in [0, 0.1) is 0 Å². The van der Waals surface area contributed by atoms with Gasteiger partial charge in [-0.05, 0) is 7.05 Å². The zero-order chi connectivity index (χ0) is 10.7. The molecule has 1 aromatic heterocycles. The van der Waals surface area contributed by atoms with Crippen molar-refractivity contribution in [2.75, 3.05) is 26.9 Å². The summed E-state index contributed by atoms with van der Waals surface area (Å²) in [5.74, 6) is 1.26. The first-order valence-electron chi connectivity index (χ1n) is 5.03. The molecule has 1 aromatic rings. The Balaban J connectivity index is 2.07. The Bertz CT molecular complexity index is 315. The van der Waals surface area contributed by atoms with Gasteiger partial charge in [-0.25, -0.2) is 0 Å². The molecule has 2 heterocycles. The summed E-state index contributed by atoms with van der Waals surface area (Å²) in [5, 5.41) is 15.7. The summed E-state index contributed by atoms with van der Waals surface area (Å²) in [6, 6.07) is 0.229. The standard InChI is InChI=1S/C9H15N3O3/c1-10-7-5-14-4-6(7)9-11-8(2-3-13)12-15-9/h6-7,10,13H,2-5H2,1H3. The smallest absolute Gasteiger partial charge is 0.233 e. The van der Waals surface area contributed by atoms with Crippen LogP contribution in [0.25, 0.3) is 0 Å². The highest BCUT2D eigenvalue weighted by Gasteiger charge is 2.32. The van der Waals surface area contributed by atoms with E-state index in [4.69, 9.17) is 14.4 Å². The predicted octanol–water partition coefficient (Wildman–Crippen LogP) is -0.694. The van der Waals surface area contributed by atoms with Crippen molar-refractivity contribution < 1.29 is 14.4 Å². The molecule has 6 heteroatoms. The molecule has 0 radical (unpaired) electrons. The van der Waals surface area contributed by atoms with E-state index in [-0.39, 0.29) is 18.6 Å². The quantitative estimate of drug-likeness (QED) is 0.689. The molecule has 15 heavy (non-hydrogen) atoms. The second kappa shape index (κ2) is 4.69. The minimum Gasteiger partial charge on any atom is -0.396 e. The number of likely N-dealkylation sites (N-methyl/N-ethyl adjacent to an activating group) is 1. The fraction of sp³-hybridized carbons (Fsp3) is 0.778. The zero-order valence-electron chi connectivity index (χ0n) is 8.64. The van der Waals surface area contributed by atoms with E-state index >= 15 is 0 Å². The lowest BCUT2D eigenvalue weighted by Gasteiger charge is -2.11. The third kappa shape index (κ3) is 2.17. The van der Waals surface area contributed by atoms with Gasteiger partial charge >= 0.3 is 0 Å². The number of aromatic nitrogens is 2. The van der Waals surface area contributed by atoms with Gasteiger partial charge in [-0.2, -0.15) is 4.98 Å². The van der Waals surface area contributed by atoms with E-state index in [2.05, 4.69) is 15.5 Å². The number of aliphatic hydroxyl groups excluding tert-OH is 1. The highest BCUT2D eigenvalue weighted by molar-refractivity contribution is 5.02. The Morgan fingerprint density at radius 1 is 1.53 bits per heavy atom. The van der Waals surface area contributed by atoms with E-state index in [0.717, 1.165) is 0 Å². The van der Waals surface area contributed by atoms with Crippen molar-refractivity contribution >= 4 is 0 Å². The number of nitrogens with zero attached hydrogens (tertiary/aromatic N) is 2. The number of nitrogens with one attached hydrogen (secondary N) is 1. The number of aliphatic hydroxyl groups is 1. The first-order valence-corrected chi connectivity index (χ1v) is 5.03. The molecule has 2 N–H and O–H groups in total. The van der Waals surface area contributed by atoms with Gasteiger partial charge in [-0.15, -0.1) is 0 Å². The maximum atomic E-state index is 8.73. The van der Waals surface area contributed by atoms with E-state index in [1.165, 1.54) is 0 Å². The van der Waals surface area contributed by atoms with Crippen LogP contribution < -0.4 is 5.32 Å². The van der Waals surface area contributed by atoms with Crippen LogP contribution in [0.1, 0.15) is 17.6 Å². The van der Waals surface area contributed by atoms with Gasteiger partial charge in [0.2, 0.25) is 5.89 Å². The lowest BCUT2D eigenvalue weighted by atomic mass is 10.0. The predicted molar refractivity (Wildman–Crippen MR) is 51.5 cm³/mol. The lowest BCUT2D eigenvalue weighted by molar-refractivity contribution is 0.185. The molecule has 1 aliphatic heterocycles. The highest BCUT2D eigenvalue weighted by Crippen LogP contribution is 2.24. The molecular formula is C9H15N3O3. The SMILES string of the molecule is CNC1COCC1c1nc(CCO)no1. The van der Waals surface area contributed by atoms with Crippen LogP contribution in [-0.4, -0.2) is 48.2 Å². The summed E-state index contributed by atoms with van der Waals surface area (Å²) in [6.45, 7) is 1.31. The molecule has 1 aliphatic rings. The molecule has 0 aromatic carbocycles. The molecule has 1 fully saturated rings. The van der Waals surface area contributed by atoms with E-state index in [1.807, 2.05) is 7.05 Å². The van der Waals surface area contributed by atoms with Crippen molar-refractivity contribution in [3.63, 3.8) is 0 Å². The average molecular weight is 213 g/mol. The normalized spacial score (nSPS) is 26.0. The molecule has 1 saturated heterocycles. The van der Waals surface area contributed by atoms with Crippen LogP contribution in [0.15, 0.2) is 4.52 Å². The van der Waals surface area contributed by atoms with Crippen molar-refractivity contribution in [1.29, 1.82) is 0 Å². The number of ether oxygens (including phenoxy) is 1. The minimum atomic E-state index is 0.0373. The fourth-order valence-electron chi connectivity index (χ4n) is 1.70. The maximum Gasteiger partial charge on any atom is 0.233 e. The Kier molecular flexibility index (Phi) is 3.30. The molecule has 84 valence electrons. The topological polar surface area (TPSA) is 80.4 Å². The maximum absolute atomic E-state index is 8.73. The largest absolute Gasteiger partial charge is 0.396 e. The van der Waals surface area contributed by atoms with Crippen LogP contribution in [0.4, 0.5) is 0 Å². The van der Waals surface area contributed by atoms with Crippen LogP contribution in [0.2, 0.25) is 0 Å². The summed E-state index contributed by atoms with van der Waals surface area (Å²) in [7, 11) is 1.89. The average Bonchev–Trinajstić information content (AvgIpc) is 2.84. The molecule has 6 nitrogen and oxygen atoms in total. The van der Waals surface area contributed by atoms with Crippen molar-refractivity contribution in [3.8, 4) is 0 Å². The summed E-state index contributed by atoms with van der Waals surface area (Å²) in [6.07, 6.45) is 0.432. The molecule has 0 spiro atoms. The summed E-state index contributed by atoms with van der Waals surface area (Å²) >= 11 is 0. The lowest BCUT2D eigenvalue weighted by Crippen LogP contribution is -2.31. The van der Waals surface area contributed by atoms with Gasteiger partial charge < -0.3 is 19.7 Å². The Labute approximate surface area is 87.6 Å². The molecule has 0 amide bonds. The van der Waals surface area contributed by atoms with Crippen LogP contribution in [0.5, 0.6) is 0 Å². The highest BCUT2D eigenvalue weighted by atomic mass is 16.5. The molecule has 2 atom stereocenters. The van der Waals surface area contributed by atoms with Crippen LogP contribution in [-0.2, 0) is 11.2 Å². The van der Waals surface area contributed by atoms with Gasteiger partial charge in [-0.3, -0.25) is 0 Å². The monoisotopic (exact) mass is 213 g/mol. The number of hydrogen-bond acceptors (Lipinski definition) is 6. The first-order chi connectivity index (χ1) is 7.35. The molecule has 2 rings (SSSR count). The van der Waals surface area contributed by atoms with Gasteiger partial charge in [-0.1, -0.05) is 5.16 Å². The molecule has 0 bridgehead atoms. The van der Waals surface area contributed by atoms with Crippen LogP contribution in [0.3, 0.4) is 0 Å². The van der Waals surface area contributed by atoms with Gasteiger partial charge in [0.25, 0.3) is 0 Å². The molecular weight excluding hydrogens is 198 g/mol. The van der Waals surface area contributed by atoms with Crippen molar-refractivity contribution in [2.24, 2.45) is 0 Å². The van der Waals surface area contributed by atoms with Crippen molar-refractivity contribution in [2.45, 2.75) is 18.4 Å². The molecule has 0 saturated carbocycles. The van der Waals surface area contributed by atoms with Crippen molar-refractivity contribution in [3.05, 3.63) is 11.7 Å². The zero-order valence-corrected chi connectivity index (χ0v) is 8.64. The molecule has 2 unspecified atom stereocenters. The van der Waals surface area contributed by atoms with Crippen molar-refractivity contribution in [1.82, 2.24) is 15.5 Å². The summed E-state index contributed by atoms with van der Waals surface area (Å²) in [4.78, 5) is 4.22. The number of rotatable bonds is 4. The van der Waals surface area contributed by atoms with Crippen LogP contribution >= 0.6 is 0 Å². The van der Waals surface area contributed by atoms with E-state index in [1.54, 1.807) is 0 Å². The Hall–Kier alpha value is -0.980. The van der Waals surface area contributed by atoms with Gasteiger partial charge in [0, 0.05) is 12.5 Å². The van der Waals surface area contributed by atoms with Gasteiger partial charge in [0.1, 0.15) is 0 Å². The van der Waals surface area contributed by atoms with Gasteiger partial charge in [0.15, 0.2) is 5.82 Å².